The van der Waals surface area contributed by atoms with Crippen molar-refractivity contribution in [2.75, 3.05) is 23.7 Å². The second-order valence-corrected chi connectivity index (χ2v) is 6.55. The van der Waals surface area contributed by atoms with E-state index in [0.717, 1.165) is 13.1 Å². The fourth-order valence-corrected chi connectivity index (χ4v) is 4.78. The number of anilines is 1. The molecule has 0 spiro atoms. The van der Waals surface area contributed by atoms with Crippen LogP contribution in [0.25, 0.3) is 0 Å². The van der Waals surface area contributed by atoms with E-state index >= 15 is 0 Å². The van der Waals surface area contributed by atoms with E-state index < -0.39 is 0 Å². The molecule has 2 aliphatic rings. The first kappa shape index (κ1) is 11.4. The third-order valence-electron chi connectivity index (χ3n) is 4.44. The molecule has 1 aromatic rings. The zero-order valence-corrected chi connectivity index (χ0v) is 11.2. The van der Waals surface area contributed by atoms with Crippen molar-refractivity contribution in [3.05, 3.63) is 29.8 Å². The second-order valence-electron chi connectivity index (χ2n) is 5.10. The van der Waals surface area contributed by atoms with E-state index in [1.807, 2.05) is 0 Å². The molecule has 1 fully saturated rings. The molecule has 1 saturated heterocycles. The van der Waals surface area contributed by atoms with Crippen molar-refractivity contribution in [1.29, 1.82) is 0 Å². The largest absolute Gasteiger partial charge is 0.363 e. The molecule has 1 aromatic carbocycles. The summed E-state index contributed by atoms with van der Waals surface area (Å²) in [6.45, 7) is 4.25. The maximum atomic E-state index is 6.14. The number of fused-ring (bicyclic) bond motifs is 1. The first-order valence-electron chi connectivity index (χ1n) is 6.45. The quantitative estimate of drug-likeness (QED) is 0.870. The van der Waals surface area contributed by atoms with E-state index in [2.05, 4.69) is 47.9 Å². The van der Waals surface area contributed by atoms with Crippen LogP contribution < -0.4 is 10.6 Å². The third-order valence-corrected chi connectivity index (χ3v) is 5.82. The zero-order valence-electron chi connectivity index (χ0n) is 10.4. The molecule has 2 atom stereocenters. The van der Waals surface area contributed by atoms with Gasteiger partial charge in [0, 0.05) is 24.0 Å². The van der Waals surface area contributed by atoms with Crippen LogP contribution in [-0.2, 0) is 6.42 Å². The van der Waals surface area contributed by atoms with Gasteiger partial charge in [0.1, 0.15) is 0 Å². The number of hydrogen-bond acceptors (Lipinski definition) is 3. The van der Waals surface area contributed by atoms with Crippen molar-refractivity contribution in [3.63, 3.8) is 0 Å². The molecule has 0 amide bonds. The van der Waals surface area contributed by atoms with E-state index in [0.29, 0.717) is 5.25 Å². The summed E-state index contributed by atoms with van der Waals surface area (Å²) in [5.41, 5.74) is 9.25. The fourth-order valence-electron chi connectivity index (χ4n) is 3.30. The number of para-hydroxylation sites is 1. The summed E-state index contributed by atoms with van der Waals surface area (Å²) in [4.78, 5) is 2.59. The average Bonchev–Trinajstić information content (AvgIpc) is 2.93. The number of thioether (sulfide) groups is 1. The topological polar surface area (TPSA) is 29.3 Å². The van der Waals surface area contributed by atoms with Gasteiger partial charge in [-0.1, -0.05) is 25.1 Å². The maximum absolute atomic E-state index is 6.14. The van der Waals surface area contributed by atoms with Gasteiger partial charge in [-0.15, -0.1) is 0 Å². The highest BCUT2D eigenvalue weighted by Gasteiger charge is 2.46. The van der Waals surface area contributed by atoms with Gasteiger partial charge < -0.3 is 10.6 Å². The lowest BCUT2D eigenvalue weighted by molar-refractivity contribution is 0.403. The highest BCUT2D eigenvalue weighted by atomic mass is 32.2. The summed E-state index contributed by atoms with van der Waals surface area (Å²) in [5.74, 6) is 1.25. The molecule has 0 radical (unpaired) electrons. The summed E-state index contributed by atoms with van der Waals surface area (Å²) in [6, 6.07) is 8.81. The minimum atomic E-state index is 0.192. The first-order chi connectivity index (χ1) is 8.28. The Kier molecular flexibility index (Phi) is 2.83. The van der Waals surface area contributed by atoms with Crippen LogP contribution in [0.15, 0.2) is 24.3 Å². The van der Waals surface area contributed by atoms with Crippen LogP contribution in [0.3, 0.4) is 0 Å². The fraction of sp³-hybridized carbons (Fsp3) is 0.571. The summed E-state index contributed by atoms with van der Waals surface area (Å²) in [5, 5.41) is 0.638. The van der Waals surface area contributed by atoms with Crippen molar-refractivity contribution in [2.45, 2.75) is 30.6 Å². The minimum absolute atomic E-state index is 0.192. The van der Waals surface area contributed by atoms with Crippen LogP contribution in [0, 0.1) is 0 Å². The Morgan fingerprint density at radius 2 is 2.29 bits per heavy atom. The summed E-state index contributed by atoms with van der Waals surface area (Å²) >= 11 is 2.07. The third kappa shape index (κ3) is 1.59. The van der Waals surface area contributed by atoms with Gasteiger partial charge in [0.2, 0.25) is 0 Å². The summed E-state index contributed by atoms with van der Waals surface area (Å²) in [6.07, 6.45) is 2.40. The van der Waals surface area contributed by atoms with Crippen LogP contribution in [0.4, 0.5) is 5.69 Å². The molecular formula is C14H20N2S. The van der Waals surface area contributed by atoms with Crippen molar-refractivity contribution in [2.24, 2.45) is 5.73 Å². The highest BCUT2D eigenvalue weighted by Crippen LogP contribution is 2.44. The minimum Gasteiger partial charge on any atom is -0.363 e. The zero-order chi connectivity index (χ0) is 11.9. The lowest BCUT2D eigenvalue weighted by atomic mass is 9.90. The lowest BCUT2D eigenvalue weighted by Crippen LogP contribution is -2.57. The monoisotopic (exact) mass is 248 g/mol. The number of hydrogen-bond donors (Lipinski definition) is 1. The standard InChI is InChI=1S/C14H20N2S/c1-11-14(10-15,7-9-17-11)16-8-6-12-4-2-3-5-13(12)16/h2-5,11H,6-10,15H2,1H3. The number of benzene rings is 1. The first-order valence-corrected chi connectivity index (χ1v) is 7.50. The van der Waals surface area contributed by atoms with Crippen LogP contribution in [0.5, 0.6) is 0 Å². The van der Waals surface area contributed by atoms with E-state index in [-0.39, 0.29) is 5.54 Å². The Hall–Kier alpha value is -0.670. The highest BCUT2D eigenvalue weighted by molar-refractivity contribution is 8.00. The van der Waals surface area contributed by atoms with Crippen LogP contribution in [-0.4, -0.2) is 29.6 Å². The van der Waals surface area contributed by atoms with E-state index in [4.69, 9.17) is 5.73 Å². The van der Waals surface area contributed by atoms with Crippen molar-refractivity contribution in [3.8, 4) is 0 Å². The lowest BCUT2D eigenvalue weighted by Gasteiger charge is -2.43. The van der Waals surface area contributed by atoms with Gasteiger partial charge in [-0.05, 0) is 30.2 Å². The van der Waals surface area contributed by atoms with Gasteiger partial charge in [-0.25, -0.2) is 0 Å². The molecule has 0 aromatic heterocycles. The van der Waals surface area contributed by atoms with Crippen LogP contribution in [0.2, 0.25) is 0 Å². The molecule has 3 heteroatoms. The summed E-state index contributed by atoms with van der Waals surface area (Å²) in [7, 11) is 0. The predicted octanol–water partition coefficient (Wildman–Crippen LogP) is 2.27. The van der Waals surface area contributed by atoms with Crippen molar-refractivity contribution >= 4 is 17.4 Å². The smallest absolute Gasteiger partial charge is 0.0647 e. The normalized spacial score (nSPS) is 31.9. The van der Waals surface area contributed by atoms with Gasteiger partial charge in [0.05, 0.1) is 5.54 Å². The molecule has 2 heterocycles. The molecule has 2 nitrogen and oxygen atoms in total. The molecule has 2 aliphatic heterocycles. The van der Waals surface area contributed by atoms with Crippen LogP contribution >= 0.6 is 11.8 Å². The van der Waals surface area contributed by atoms with Gasteiger partial charge in [-0.2, -0.15) is 11.8 Å². The average molecular weight is 248 g/mol. The SMILES string of the molecule is CC1SCCC1(CN)N1CCc2ccccc21. The maximum Gasteiger partial charge on any atom is 0.0647 e. The van der Waals surface area contributed by atoms with Crippen LogP contribution in [0.1, 0.15) is 18.9 Å². The van der Waals surface area contributed by atoms with E-state index in [1.54, 1.807) is 0 Å². The molecule has 2 N–H and O–H groups in total. The van der Waals surface area contributed by atoms with E-state index in [1.165, 1.54) is 29.8 Å². The molecule has 2 unspecified atom stereocenters. The van der Waals surface area contributed by atoms with Crippen molar-refractivity contribution in [1.82, 2.24) is 0 Å². The van der Waals surface area contributed by atoms with Gasteiger partial charge in [0.25, 0.3) is 0 Å². The Labute approximate surface area is 108 Å². The Balaban J connectivity index is 2.00. The summed E-state index contributed by atoms with van der Waals surface area (Å²) < 4.78 is 0. The van der Waals surface area contributed by atoms with E-state index in [9.17, 15) is 0 Å². The van der Waals surface area contributed by atoms with Gasteiger partial charge >= 0.3 is 0 Å². The molecule has 17 heavy (non-hydrogen) atoms. The molecule has 0 aliphatic carbocycles. The number of nitrogens with zero attached hydrogens (tertiary/aromatic N) is 1. The van der Waals surface area contributed by atoms with Gasteiger partial charge in [-0.3, -0.25) is 0 Å². The molecule has 0 bridgehead atoms. The number of nitrogens with two attached hydrogens (primary N) is 1. The number of rotatable bonds is 2. The molecule has 3 rings (SSSR count). The Bertz CT molecular complexity index is 420. The molecule has 92 valence electrons. The Morgan fingerprint density at radius 3 is 3.00 bits per heavy atom. The molecule has 0 saturated carbocycles. The molecular weight excluding hydrogens is 228 g/mol. The van der Waals surface area contributed by atoms with Gasteiger partial charge in [0.15, 0.2) is 0 Å². The Morgan fingerprint density at radius 1 is 1.47 bits per heavy atom. The predicted molar refractivity (Wildman–Crippen MR) is 75.8 cm³/mol. The second kappa shape index (κ2) is 4.21. The van der Waals surface area contributed by atoms with Crippen molar-refractivity contribution < 1.29 is 0 Å².